The van der Waals surface area contributed by atoms with Crippen molar-refractivity contribution in [2.75, 3.05) is 18.0 Å². The largest absolute Gasteiger partial charge is 0.498 e. The molecule has 37 heavy (non-hydrogen) atoms. The molecule has 1 aromatic heterocycles. The highest BCUT2D eigenvalue weighted by atomic mass is 16.7. The third-order valence-corrected chi connectivity index (χ3v) is 7.20. The molecule has 2 amide bonds. The first-order chi connectivity index (χ1) is 17.1. The van der Waals surface area contributed by atoms with Crippen LogP contribution in [0.5, 0.6) is 0 Å². The lowest BCUT2D eigenvalue weighted by Gasteiger charge is -2.36. The van der Waals surface area contributed by atoms with E-state index in [0.29, 0.717) is 12.5 Å². The van der Waals surface area contributed by atoms with Crippen molar-refractivity contribution in [1.29, 1.82) is 0 Å². The summed E-state index contributed by atoms with van der Waals surface area (Å²) in [6, 6.07) is -0.642. The van der Waals surface area contributed by atoms with E-state index in [4.69, 9.17) is 14.0 Å². The Labute approximate surface area is 221 Å². The Morgan fingerprint density at radius 2 is 1.73 bits per heavy atom. The summed E-state index contributed by atoms with van der Waals surface area (Å²) in [6.45, 7) is 18.5. The molecule has 10 nitrogen and oxygen atoms in total. The molecule has 3 rings (SSSR count). The lowest BCUT2D eigenvalue weighted by atomic mass is 9.81. The number of anilines is 1. The first kappa shape index (κ1) is 29.2. The Hall–Kier alpha value is -2.40. The molecule has 0 unspecified atom stereocenters. The first-order valence-electron chi connectivity index (χ1n) is 13.3. The molecule has 0 bridgehead atoms. The second-order valence-corrected chi connectivity index (χ2v) is 12.4. The summed E-state index contributed by atoms with van der Waals surface area (Å²) >= 11 is 0. The predicted octanol–water partition coefficient (Wildman–Crippen LogP) is 2.80. The maximum atomic E-state index is 13.0. The second kappa shape index (κ2) is 11.1. The molecule has 2 fully saturated rings. The van der Waals surface area contributed by atoms with Crippen LogP contribution in [0.15, 0.2) is 12.4 Å². The molecule has 2 aliphatic rings. The third kappa shape index (κ3) is 7.34. The fraction of sp³-hybridized carbons (Fsp3) is 0.769. The van der Waals surface area contributed by atoms with Crippen LogP contribution in [-0.4, -0.2) is 71.1 Å². The average molecular weight is 517 g/mol. The average Bonchev–Trinajstić information content (AvgIpc) is 3.01. The van der Waals surface area contributed by atoms with Crippen molar-refractivity contribution in [2.45, 2.75) is 110 Å². The smallest absolute Gasteiger partial charge is 0.444 e. The molecule has 2 aliphatic heterocycles. The van der Waals surface area contributed by atoms with E-state index in [1.807, 2.05) is 41.5 Å². The Morgan fingerprint density at radius 3 is 2.27 bits per heavy atom. The Kier molecular flexibility index (Phi) is 8.79. The first-order valence-corrected chi connectivity index (χ1v) is 13.3. The van der Waals surface area contributed by atoms with E-state index in [-0.39, 0.29) is 17.9 Å². The zero-order valence-corrected chi connectivity index (χ0v) is 23.9. The van der Waals surface area contributed by atoms with Crippen LogP contribution in [-0.2, 0) is 18.8 Å². The number of ether oxygens (including phenoxy) is 1. The third-order valence-electron chi connectivity index (χ3n) is 7.20. The van der Waals surface area contributed by atoms with Crippen LogP contribution in [0, 0.1) is 5.92 Å². The Balaban J connectivity index is 1.63. The number of carbonyl (C=O) groups is 2. The summed E-state index contributed by atoms with van der Waals surface area (Å²) < 4.78 is 17.6. The number of nitrogens with zero attached hydrogens (tertiary/aromatic N) is 3. The fourth-order valence-electron chi connectivity index (χ4n) is 4.35. The molecule has 2 atom stereocenters. The van der Waals surface area contributed by atoms with Crippen molar-refractivity contribution >= 4 is 30.5 Å². The molecular weight excluding hydrogens is 473 g/mol. The van der Waals surface area contributed by atoms with Gasteiger partial charge in [0.2, 0.25) is 11.9 Å². The molecule has 0 spiro atoms. The van der Waals surface area contributed by atoms with Gasteiger partial charge in [-0.05, 0) is 73.6 Å². The van der Waals surface area contributed by atoms with Gasteiger partial charge in [-0.1, -0.05) is 13.8 Å². The SMILES string of the molecule is CC(C)[C@@H](NC(=O)OC(C)(C)C)C(=O)NC[C@@H]1CCCCN1c1ncc(B2OC(C)(C)C(C)(C)O2)cn1. The highest BCUT2D eigenvalue weighted by Crippen LogP contribution is 2.36. The molecule has 0 aliphatic carbocycles. The molecule has 3 heterocycles. The zero-order chi connectivity index (χ0) is 27.6. The van der Waals surface area contributed by atoms with Gasteiger partial charge in [0.25, 0.3) is 0 Å². The van der Waals surface area contributed by atoms with E-state index in [2.05, 4.69) is 25.5 Å². The van der Waals surface area contributed by atoms with Gasteiger partial charge < -0.3 is 29.6 Å². The van der Waals surface area contributed by atoms with Crippen molar-refractivity contribution in [3.8, 4) is 0 Å². The summed E-state index contributed by atoms with van der Waals surface area (Å²) in [6.07, 6.45) is 5.92. The van der Waals surface area contributed by atoms with Gasteiger partial charge in [0.05, 0.1) is 11.2 Å². The predicted molar refractivity (Wildman–Crippen MR) is 144 cm³/mol. The lowest BCUT2D eigenvalue weighted by Crippen LogP contribution is -2.54. The number of aromatic nitrogens is 2. The van der Waals surface area contributed by atoms with Gasteiger partial charge >= 0.3 is 13.2 Å². The van der Waals surface area contributed by atoms with Gasteiger partial charge in [0.15, 0.2) is 0 Å². The van der Waals surface area contributed by atoms with E-state index < -0.39 is 36.1 Å². The number of hydrogen-bond donors (Lipinski definition) is 2. The number of alkyl carbamates (subject to hydrolysis) is 1. The minimum atomic E-state index is -0.692. The zero-order valence-electron chi connectivity index (χ0n) is 23.9. The van der Waals surface area contributed by atoms with E-state index >= 15 is 0 Å². The molecular formula is C26H44BN5O5. The molecule has 2 N–H and O–H groups in total. The van der Waals surface area contributed by atoms with Gasteiger partial charge in [-0.15, -0.1) is 0 Å². The summed E-state index contributed by atoms with van der Waals surface area (Å²) in [4.78, 5) is 36.7. The van der Waals surface area contributed by atoms with Crippen LogP contribution in [0.2, 0.25) is 0 Å². The number of nitrogens with one attached hydrogen (secondary N) is 2. The van der Waals surface area contributed by atoms with Gasteiger partial charge in [0, 0.05) is 37.0 Å². The van der Waals surface area contributed by atoms with Crippen molar-refractivity contribution in [3.05, 3.63) is 12.4 Å². The molecule has 0 aromatic carbocycles. The molecule has 206 valence electrons. The van der Waals surface area contributed by atoms with Crippen LogP contribution in [0.4, 0.5) is 10.7 Å². The molecule has 2 saturated heterocycles. The van der Waals surface area contributed by atoms with Gasteiger partial charge in [0.1, 0.15) is 11.6 Å². The highest BCUT2D eigenvalue weighted by molar-refractivity contribution is 6.61. The number of amides is 2. The normalized spacial score (nSPS) is 22.1. The van der Waals surface area contributed by atoms with Crippen molar-refractivity contribution in [1.82, 2.24) is 20.6 Å². The van der Waals surface area contributed by atoms with Crippen molar-refractivity contribution < 1.29 is 23.6 Å². The highest BCUT2D eigenvalue weighted by Gasteiger charge is 2.52. The summed E-state index contributed by atoms with van der Waals surface area (Å²) in [5.74, 6) is 0.288. The van der Waals surface area contributed by atoms with E-state index in [0.717, 1.165) is 31.3 Å². The summed E-state index contributed by atoms with van der Waals surface area (Å²) in [5, 5.41) is 5.74. The van der Waals surface area contributed by atoms with Crippen LogP contribution in [0.25, 0.3) is 0 Å². The lowest BCUT2D eigenvalue weighted by molar-refractivity contribution is -0.124. The van der Waals surface area contributed by atoms with Crippen LogP contribution < -0.4 is 21.0 Å². The molecule has 11 heteroatoms. The van der Waals surface area contributed by atoms with E-state index in [1.165, 1.54) is 0 Å². The molecule has 0 radical (unpaired) electrons. The minimum Gasteiger partial charge on any atom is -0.444 e. The molecule has 0 saturated carbocycles. The topological polar surface area (TPSA) is 115 Å². The van der Waals surface area contributed by atoms with Crippen molar-refractivity contribution in [3.63, 3.8) is 0 Å². The summed E-state index contributed by atoms with van der Waals surface area (Å²) in [7, 11) is -0.513. The van der Waals surface area contributed by atoms with Crippen molar-refractivity contribution in [2.24, 2.45) is 5.92 Å². The standard InChI is InChI=1S/C26H44BN5O5/c1-17(2)20(31-23(34)35-24(3,4)5)21(33)28-16-19-12-10-11-13-32(19)22-29-14-18(15-30-22)27-36-25(6,7)26(8,9)37-27/h14-15,17,19-20H,10-13,16H2,1-9H3,(H,28,33)(H,31,34)/t19-,20+/m0/s1. The fourth-order valence-corrected chi connectivity index (χ4v) is 4.35. The van der Waals surface area contributed by atoms with Crippen LogP contribution in [0.3, 0.4) is 0 Å². The number of rotatable bonds is 7. The number of carbonyl (C=O) groups excluding carboxylic acids is 2. The van der Waals surface area contributed by atoms with E-state index in [1.54, 1.807) is 33.2 Å². The van der Waals surface area contributed by atoms with Crippen LogP contribution in [0.1, 0.15) is 81.6 Å². The quantitative estimate of drug-likeness (QED) is 0.531. The molecule has 1 aromatic rings. The minimum absolute atomic E-state index is 0.0507. The van der Waals surface area contributed by atoms with Gasteiger partial charge in [-0.3, -0.25) is 4.79 Å². The number of piperidine rings is 1. The van der Waals surface area contributed by atoms with Crippen LogP contribution >= 0.6 is 0 Å². The maximum Gasteiger partial charge on any atom is 0.498 e. The number of hydrogen-bond acceptors (Lipinski definition) is 8. The van der Waals surface area contributed by atoms with Gasteiger partial charge in [-0.2, -0.15) is 0 Å². The van der Waals surface area contributed by atoms with E-state index in [9.17, 15) is 9.59 Å². The Bertz CT molecular complexity index is 932. The Morgan fingerprint density at radius 1 is 1.14 bits per heavy atom. The summed E-state index contributed by atoms with van der Waals surface area (Å²) in [5.41, 5.74) is -0.725. The maximum absolute atomic E-state index is 13.0. The monoisotopic (exact) mass is 517 g/mol. The van der Waals surface area contributed by atoms with Gasteiger partial charge in [-0.25, -0.2) is 14.8 Å². The second-order valence-electron chi connectivity index (χ2n) is 12.4.